The Morgan fingerprint density at radius 2 is 2.12 bits per heavy atom. The summed E-state index contributed by atoms with van der Waals surface area (Å²) >= 11 is 5.96. The van der Waals surface area contributed by atoms with Crippen molar-refractivity contribution in [2.45, 2.75) is 39.2 Å². The van der Waals surface area contributed by atoms with Gasteiger partial charge in [0.15, 0.2) is 0 Å². The number of ether oxygens (including phenoxy) is 1. The van der Waals surface area contributed by atoms with Crippen molar-refractivity contribution in [1.29, 1.82) is 0 Å². The van der Waals surface area contributed by atoms with Crippen LogP contribution in [0.4, 0.5) is 15.3 Å². The van der Waals surface area contributed by atoms with Gasteiger partial charge in [-0.15, -0.1) is 0 Å². The van der Waals surface area contributed by atoms with Crippen LogP contribution in [0.1, 0.15) is 33.6 Å². The molecule has 1 aliphatic heterocycles. The zero-order chi connectivity index (χ0) is 19.3. The number of rotatable bonds is 3. The molecule has 6 nitrogen and oxygen atoms in total. The Bertz CT molecular complexity index is 645. The molecule has 0 bridgehead atoms. The maximum absolute atomic E-state index is 12.5. The molecule has 2 rings (SSSR count). The Morgan fingerprint density at radius 3 is 2.77 bits per heavy atom. The second kappa shape index (κ2) is 8.62. The monoisotopic (exact) mass is 381 g/mol. The van der Waals surface area contributed by atoms with Gasteiger partial charge in [0.1, 0.15) is 5.60 Å². The summed E-state index contributed by atoms with van der Waals surface area (Å²) in [6.45, 7) is 7.43. The van der Waals surface area contributed by atoms with Gasteiger partial charge in [-0.2, -0.15) is 0 Å². The van der Waals surface area contributed by atoms with E-state index >= 15 is 0 Å². The summed E-state index contributed by atoms with van der Waals surface area (Å²) in [6, 6.07) is 6.95. The van der Waals surface area contributed by atoms with E-state index in [0.29, 0.717) is 30.3 Å². The Balaban J connectivity index is 1.88. The second-order valence-corrected chi connectivity index (χ2v) is 8.19. The van der Waals surface area contributed by atoms with E-state index in [1.54, 1.807) is 35.0 Å². The number of nitrogens with zero attached hydrogens (tertiary/aromatic N) is 2. The standard InChI is InChI=1S/C19H28ClN3O3/c1-19(2,3)26-18(25)22(4)12-14-7-6-10-23(13-14)17(24)21-16-9-5-8-15(20)11-16/h5,8-9,11,14H,6-7,10,12-13H2,1-4H3,(H,21,24). The van der Waals surface area contributed by atoms with E-state index in [1.807, 2.05) is 26.8 Å². The number of hydrogen-bond acceptors (Lipinski definition) is 3. The lowest BCUT2D eigenvalue weighted by Crippen LogP contribution is -2.46. The zero-order valence-corrected chi connectivity index (χ0v) is 16.7. The van der Waals surface area contributed by atoms with E-state index in [4.69, 9.17) is 16.3 Å². The van der Waals surface area contributed by atoms with Crippen LogP contribution in [0, 0.1) is 5.92 Å². The average Bonchev–Trinajstić information content (AvgIpc) is 2.53. The van der Waals surface area contributed by atoms with Gasteiger partial charge in [-0.25, -0.2) is 9.59 Å². The minimum absolute atomic E-state index is 0.142. The third kappa shape index (κ3) is 6.41. The van der Waals surface area contributed by atoms with Crippen molar-refractivity contribution >= 4 is 29.4 Å². The summed E-state index contributed by atoms with van der Waals surface area (Å²) in [5.74, 6) is 0.228. The molecular weight excluding hydrogens is 354 g/mol. The van der Waals surface area contributed by atoms with E-state index in [2.05, 4.69) is 5.32 Å². The van der Waals surface area contributed by atoms with Gasteiger partial charge in [0.05, 0.1) is 0 Å². The Kier molecular flexibility index (Phi) is 6.75. The van der Waals surface area contributed by atoms with Crippen molar-refractivity contribution < 1.29 is 14.3 Å². The first-order valence-corrected chi connectivity index (χ1v) is 9.27. The molecule has 1 unspecified atom stereocenters. The normalized spacial score (nSPS) is 17.6. The molecule has 1 fully saturated rings. The molecule has 1 heterocycles. The largest absolute Gasteiger partial charge is 0.444 e. The van der Waals surface area contributed by atoms with Crippen LogP contribution in [0.2, 0.25) is 5.02 Å². The number of anilines is 1. The SMILES string of the molecule is CN(CC1CCCN(C(=O)Nc2cccc(Cl)c2)C1)C(=O)OC(C)(C)C. The van der Waals surface area contributed by atoms with E-state index in [1.165, 1.54) is 0 Å². The molecule has 0 aromatic heterocycles. The molecule has 26 heavy (non-hydrogen) atoms. The summed E-state index contributed by atoms with van der Waals surface area (Å²) in [5, 5.41) is 3.46. The predicted molar refractivity (Wildman–Crippen MR) is 104 cm³/mol. The van der Waals surface area contributed by atoms with Crippen molar-refractivity contribution in [2.75, 3.05) is 32.0 Å². The third-order valence-corrected chi connectivity index (χ3v) is 4.35. The molecular formula is C19H28ClN3O3. The molecule has 1 aromatic rings. The summed E-state index contributed by atoms with van der Waals surface area (Å²) in [4.78, 5) is 28.0. The number of benzene rings is 1. The van der Waals surface area contributed by atoms with Gasteiger partial charge in [-0.1, -0.05) is 17.7 Å². The number of halogens is 1. The summed E-state index contributed by atoms with van der Waals surface area (Å²) in [5.41, 5.74) is 0.163. The predicted octanol–water partition coefficient (Wildman–Crippen LogP) is 4.45. The van der Waals surface area contributed by atoms with E-state index in [-0.39, 0.29) is 18.0 Å². The maximum atomic E-state index is 12.5. The molecule has 1 aliphatic rings. The Hall–Kier alpha value is -1.95. The van der Waals surface area contributed by atoms with Crippen LogP contribution >= 0.6 is 11.6 Å². The van der Waals surface area contributed by atoms with Crippen molar-refractivity contribution in [1.82, 2.24) is 9.80 Å². The van der Waals surface area contributed by atoms with Crippen molar-refractivity contribution in [2.24, 2.45) is 5.92 Å². The van der Waals surface area contributed by atoms with E-state index < -0.39 is 5.60 Å². The van der Waals surface area contributed by atoms with Crippen LogP contribution in [0.3, 0.4) is 0 Å². The van der Waals surface area contributed by atoms with Gasteiger partial charge in [-0.3, -0.25) is 0 Å². The molecule has 0 spiro atoms. The van der Waals surface area contributed by atoms with Crippen LogP contribution in [-0.4, -0.2) is 54.2 Å². The summed E-state index contributed by atoms with van der Waals surface area (Å²) in [6.07, 6.45) is 1.56. The molecule has 144 valence electrons. The molecule has 1 aromatic carbocycles. The maximum Gasteiger partial charge on any atom is 0.410 e. The Morgan fingerprint density at radius 1 is 1.38 bits per heavy atom. The first-order valence-electron chi connectivity index (χ1n) is 8.89. The number of hydrogen-bond donors (Lipinski definition) is 1. The smallest absolute Gasteiger partial charge is 0.410 e. The number of likely N-dealkylation sites (tertiary alicyclic amines) is 1. The number of carbonyl (C=O) groups is 2. The third-order valence-electron chi connectivity index (χ3n) is 4.12. The summed E-state index contributed by atoms with van der Waals surface area (Å²) in [7, 11) is 1.74. The highest BCUT2D eigenvalue weighted by molar-refractivity contribution is 6.30. The second-order valence-electron chi connectivity index (χ2n) is 7.76. The first-order chi connectivity index (χ1) is 12.1. The zero-order valence-electron chi connectivity index (χ0n) is 15.9. The lowest BCUT2D eigenvalue weighted by molar-refractivity contribution is 0.0253. The van der Waals surface area contributed by atoms with Crippen molar-refractivity contribution in [3.63, 3.8) is 0 Å². The topological polar surface area (TPSA) is 61.9 Å². The average molecular weight is 382 g/mol. The number of piperidine rings is 1. The van der Waals surface area contributed by atoms with Gasteiger partial charge < -0.3 is 19.9 Å². The highest BCUT2D eigenvalue weighted by Gasteiger charge is 2.27. The molecule has 0 aliphatic carbocycles. The van der Waals surface area contributed by atoms with Gasteiger partial charge in [0, 0.05) is 37.4 Å². The lowest BCUT2D eigenvalue weighted by Gasteiger charge is -2.35. The van der Waals surface area contributed by atoms with Gasteiger partial charge in [-0.05, 0) is 57.7 Å². The fourth-order valence-corrected chi connectivity index (χ4v) is 3.16. The number of carbonyl (C=O) groups excluding carboxylic acids is 2. The van der Waals surface area contributed by atoms with Gasteiger partial charge in [0.2, 0.25) is 0 Å². The quantitative estimate of drug-likeness (QED) is 0.841. The molecule has 1 saturated heterocycles. The van der Waals surface area contributed by atoms with E-state index in [9.17, 15) is 9.59 Å². The van der Waals surface area contributed by atoms with Crippen LogP contribution in [-0.2, 0) is 4.74 Å². The molecule has 0 radical (unpaired) electrons. The minimum Gasteiger partial charge on any atom is -0.444 e. The highest BCUT2D eigenvalue weighted by Crippen LogP contribution is 2.20. The van der Waals surface area contributed by atoms with Crippen molar-refractivity contribution in [3.8, 4) is 0 Å². The van der Waals surface area contributed by atoms with Crippen molar-refractivity contribution in [3.05, 3.63) is 29.3 Å². The molecule has 7 heteroatoms. The fraction of sp³-hybridized carbons (Fsp3) is 0.579. The number of nitrogens with one attached hydrogen (secondary N) is 1. The number of amides is 3. The lowest BCUT2D eigenvalue weighted by atomic mass is 9.98. The fourth-order valence-electron chi connectivity index (χ4n) is 2.97. The number of urea groups is 1. The van der Waals surface area contributed by atoms with Gasteiger partial charge >= 0.3 is 12.1 Å². The molecule has 0 saturated carbocycles. The molecule has 1 N–H and O–H groups in total. The Labute approximate surface area is 160 Å². The minimum atomic E-state index is -0.513. The first kappa shape index (κ1) is 20.4. The van der Waals surface area contributed by atoms with Crippen LogP contribution in [0.15, 0.2) is 24.3 Å². The van der Waals surface area contributed by atoms with Crippen LogP contribution in [0.25, 0.3) is 0 Å². The molecule has 1 atom stereocenters. The van der Waals surface area contributed by atoms with Crippen LogP contribution in [0.5, 0.6) is 0 Å². The van der Waals surface area contributed by atoms with Gasteiger partial charge in [0.25, 0.3) is 0 Å². The van der Waals surface area contributed by atoms with Crippen LogP contribution < -0.4 is 5.32 Å². The highest BCUT2D eigenvalue weighted by atomic mass is 35.5. The summed E-state index contributed by atoms with van der Waals surface area (Å²) < 4.78 is 5.39. The molecule has 3 amide bonds. The van der Waals surface area contributed by atoms with E-state index in [0.717, 1.165) is 12.8 Å².